The van der Waals surface area contributed by atoms with E-state index in [0.717, 1.165) is 32.3 Å². The largest absolute Gasteiger partial charge is 0.386 e. The smallest absolute Gasteiger partial charge is 0.346 e. The zero-order valence-corrected chi connectivity index (χ0v) is 15.4. The molecule has 0 unspecified atom stereocenters. The molecule has 1 aliphatic carbocycles. The normalized spacial score (nSPS) is 15.7. The number of rotatable bonds is 0. The zero-order chi connectivity index (χ0) is 20.3. The highest BCUT2D eigenvalue weighted by molar-refractivity contribution is 6.40. The standard InChI is InChI=1S/C25H10O5/c26-18-9-19(27)15-6-2-11-13-4-8-17-23-16(24(28)30-25(17)29)7-3-12(21(13)23)10-1-5-14(18)22(15)20(10)11/h1-8H,9H2. The summed E-state index contributed by atoms with van der Waals surface area (Å²) >= 11 is 0. The number of Topliss-reactive ketones (excluding diaryl/α,β-unsaturated/α-hetero) is 2. The van der Waals surface area contributed by atoms with E-state index >= 15 is 0 Å². The Morgan fingerprint density at radius 1 is 0.467 bits per heavy atom. The maximum atomic E-state index is 12.5. The van der Waals surface area contributed by atoms with E-state index in [1.54, 1.807) is 24.3 Å². The molecule has 2 aliphatic rings. The van der Waals surface area contributed by atoms with E-state index in [-0.39, 0.29) is 18.0 Å². The van der Waals surface area contributed by atoms with Crippen molar-refractivity contribution in [1.29, 1.82) is 0 Å². The van der Waals surface area contributed by atoms with Crippen LogP contribution in [0.5, 0.6) is 0 Å². The van der Waals surface area contributed by atoms with Crippen LogP contribution in [0.4, 0.5) is 0 Å². The van der Waals surface area contributed by atoms with Gasteiger partial charge in [0.25, 0.3) is 0 Å². The molecule has 30 heavy (non-hydrogen) atoms. The minimum Gasteiger partial charge on any atom is -0.386 e. The average Bonchev–Trinajstić information content (AvgIpc) is 2.74. The number of esters is 2. The zero-order valence-electron chi connectivity index (χ0n) is 15.4. The second-order valence-electron chi connectivity index (χ2n) is 7.84. The van der Waals surface area contributed by atoms with Gasteiger partial charge in [-0.25, -0.2) is 9.59 Å². The van der Waals surface area contributed by atoms with Crippen LogP contribution in [0.2, 0.25) is 0 Å². The first-order chi connectivity index (χ1) is 14.5. The molecule has 5 heteroatoms. The number of fused-ring (bicyclic) bond motifs is 2. The fourth-order valence-electron chi connectivity index (χ4n) is 5.22. The summed E-state index contributed by atoms with van der Waals surface area (Å²) in [6.45, 7) is 0. The summed E-state index contributed by atoms with van der Waals surface area (Å²) in [5.41, 5.74) is 1.87. The van der Waals surface area contributed by atoms with E-state index in [1.165, 1.54) is 0 Å². The third kappa shape index (κ3) is 1.62. The van der Waals surface area contributed by atoms with E-state index in [1.807, 2.05) is 24.3 Å². The fraction of sp³-hybridized carbons (Fsp3) is 0.0400. The molecule has 0 spiro atoms. The first-order valence-electron chi connectivity index (χ1n) is 9.57. The number of ether oxygens (including phenoxy) is 1. The quantitative estimate of drug-likeness (QED) is 0.164. The highest BCUT2D eigenvalue weighted by Crippen LogP contribution is 2.45. The molecular weight excluding hydrogens is 380 g/mol. The summed E-state index contributed by atoms with van der Waals surface area (Å²) < 4.78 is 4.89. The van der Waals surface area contributed by atoms with Gasteiger partial charge in [-0.1, -0.05) is 36.4 Å². The second-order valence-corrected chi connectivity index (χ2v) is 7.84. The molecule has 0 aromatic heterocycles. The Balaban J connectivity index is 1.82. The Labute approximate surface area is 168 Å². The van der Waals surface area contributed by atoms with Crippen LogP contribution in [0.3, 0.4) is 0 Å². The van der Waals surface area contributed by atoms with Gasteiger partial charge in [-0.2, -0.15) is 0 Å². The molecule has 0 bridgehead atoms. The number of cyclic esters (lactones) is 2. The average molecular weight is 390 g/mol. The lowest BCUT2D eigenvalue weighted by Crippen LogP contribution is -2.19. The van der Waals surface area contributed by atoms with Gasteiger partial charge in [0.05, 0.1) is 17.5 Å². The van der Waals surface area contributed by atoms with Crippen molar-refractivity contribution in [2.24, 2.45) is 0 Å². The third-order valence-electron chi connectivity index (χ3n) is 6.45. The van der Waals surface area contributed by atoms with Crippen LogP contribution in [0.25, 0.3) is 43.1 Å². The molecule has 0 saturated carbocycles. The highest BCUT2D eigenvalue weighted by Gasteiger charge is 2.31. The Morgan fingerprint density at radius 3 is 1.27 bits per heavy atom. The van der Waals surface area contributed by atoms with E-state index < -0.39 is 11.9 Å². The first-order valence-corrected chi connectivity index (χ1v) is 9.57. The van der Waals surface area contributed by atoms with Gasteiger partial charge in [-0.15, -0.1) is 0 Å². The van der Waals surface area contributed by atoms with Gasteiger partial charge in [0.15, 0.2) is 11.6 Å². The lowest BCUT2D eigenvalue weighted by molar-refractivity contribution is 0.0390. The van der Waals surface area contributed by atoms with Crippen molar-refractivity contribution in [1.82, 2.24) is 0 Å². The van der Waals surface area contributed by atoms with Crippen LogP contribution in [-0.2, 0) is 4.74 Å². The lowest BCUT2D eigenvalue weighted by atomic mass is 9.80. The third-order valence-corrected chi connectivity index (χ3v) is 6.45. The predicted molar refractivity (Wildman–Crippen MR) is 111 cm³/mol. The van der Waals surface area contributed by atoms with Crippen LogP contribution in [0.15, 0.2) is 48.5 Å². The minimum atomic E-state index is -0.650. The van der Waals surface area contributed by atoms with Crippen LogP contribution in [0, 0.1) is 0 Å². The molecule has 0 N–H and O–H groups in total. The van der Waals surface area contributed by atoms with Crippen molar-refractivity contribution >= 4 is 66.6 Å². The number of hydrogen-bond donors (Lipinski definition) is 0. The molecule has 0 atom stereocenters. The first kappa shape index (κ1) is 15.8. The van der Waals surface area contributed by atoms with E-state index in [4.69, 9.17) is 4.74 Å². The summed E-state index contributed by atoms with van der Waals surface area (Å²) in [4.78, 5) is 49.8. The number of benzene rings is 5. The van der Waals surface area contributed by atoms with E-state index in [0.29, 0.717) is 33.0 Å². The van der Waals surface area contributed by atoms with Crippen molar-refractivity contribution in [3.8, 4) is 0 Å². The van der Waals surface area contributed by atoms with Gasteiger partial charge in [-0.3, -0.25) is 9.59 Å². The minimum absolute atomic E-state index is 0.107. The molecule has 0 radical (unpaired) electrons. The molecule has 0 amide bonds. The monoisotopic (exact) mass is 390 g/mol. The summed E-state index contributed by atoms with van der Waals surface area (Å²) in [7, 11) is 0. The van der Waals surface area contributed by atoms with Crippen LogP contribution in [0.1, 0.15) is 47.9 Å². The van der Waals surface area contributed by atoms with Crippen molar-refractivity contribution in [2.45, 2.75) is 6.42 Å². The molecule has 5 aromatic carbocycles. The Bertz CT molecular complexity index is 1460. The van der Waals surface area contributed by atoms with Crippen LogP contribution < -0.4 is 0 Å². The Kier molecular flexibility index (Phi) is 2.57. The Morgan fingerprint density at radius 2 is 0.833 bits per heavy atom. The van der Waals surface area contributed by atoms with Crippen molar-refractivity contribution in [2.75, 3.05) is 0 Å². The van der Waals surface area contributed by atoms with Gasteiger partial charge in [0.2, 0.25) is 0 Å². The van der Waals surface area contributed by atoms with Crippen molar-refractivity contribution in [3.05, 3.63) is 70.8 Å². The molecule has 0 fully saturated rings. The molecule has 1 aliphatic heterocycles. The molecule has 7 rings (SSSR count). The predicted octanol–water partition coefficient (Wildman–Crippen LogP) is 4.82. The molecule has 0 saturated heterocycles. The summed E-state index contributed by atoms with van der Waals surface area (Å²) in [5.74, 6) is -1.63. The van der Waals surface area contributed by atoms with Crippen LogP contribution >= 0.6 is 0 Å². The van der Waals surface area contributed by atoms with Crippen LogP contribution in [-0.4, -0.2) is 23.5 Å². The summed E-state index contributed by atoms with van der Waals surface area (Å²) in [5, 5.41) is 6.49. The molecule has 140 valence electrons. The van der Waals surface area contributed by atoms with Crippen molar-refractivity contribution in [3.63, 3.8) is 0 Å². The SMILES string of the molecule is O=C1CC(=O)c2ccc3c4ccc5c6c(ccc(c7ccc1c2c73)c64)C(=O)OC5=O. The fourth-order valence-corrected chi connectivity index (χ4v) is 5.22. The van der Waals surface area contributed by atoms with E-state index in [2.05, 4.69) is 0 Å². The van der Waals surface area contributed by atoms with Crippen molar-refractivity contribution < 1.29 is 23.9 Å². The molecule has 5 aromatic rings. The van der Waals surface area contributed by atoms with Gasteiger partial charge >= 0.3 is 11.9 Å². The number of hydrogen-bond acceptors (Lipinski definition) is 5. The van der Waals surface area contributed by atoms with Gasteiger partial charge in [0.1, 0.15) is 0 Å². The molecule has 1 heterocycles. The maximum Gasteiger partial charge on any atom is 0.346 e. The second kappa shape index (κ2) is 4.89. The molecular formula is C25H10O5. The molecule has 5 nitrogen and oxygen atoms in total. The number of carbonyl (C=O) groups excluding carboxylic acids is 4. The highest BCUT2D eigenvalue weighted by atomic mass is 16.6. The maximum absolute atomic E-state index is 12.5. The summed E-state index contributed by atoms with van der Waals surface area (Å²) in [6, 6.07) is 14.4. The summed E-state index contributed by atoms with van der Waals surface area (Å²) in [6.07, 6.45) is -0.107. The van der Waals surface area contributed by atoms with E-state index in [9.17, 15) is 19.2 Å². The lowest BCUT2D eigenvalue weighted by Gasteiger charge is -2.22. The number of ketones is 2. The topological polar surface area (TPSA) is 77.5 Å². The number of carbonyl (C=O) groups is 4. The van der Waals surface area contributed by atoms with Gasteiger partial charge < -0.3 is 4.74 Å². The van der Waals surface area contributed by atoms with Gasteiger partial charge in [-0.05, 0) is 44.5 Å². The van der Waals surface area contributed by atoms with Gasteiger partial charge in [0, 0.05) is 21.9 Å². The Hall–Kier alpha value is -4.12.